The van der Waals surface area contributed by atoms with Crippen LogP contribution in [-0.4, -0.2) is 69.8 Å². The molecule has 2 aromatic carbocycles. The quantitative estimate of drug-likeness (QED) is 0.199. The van der Waals surface area contributed by atoms with Crippen molar-refractivity contribution in [3.05, 3.63) is 71.7 Å². The van der Waals surface area contributed by atoms with Crippen LogP contribution in [0.4, 0.5) is 0 Å². The third-order valence-corrected chi connectivity index (χ3v) is 5.48. The zero-order valence-corrected chi connectivity index (χ0v) is 32.9. The Hall–Kier alpha value is -1.24. The van der Waals surface area contributed by atoms with E-state index in [0.717, 1.165) is 35.3 Å². The monoisotopic (exact) mass is 680 g/mol. The normalized spacial score (nSPS) is 11.9. The summed E-state index contributed by atoms with van der Waals surface area (Å²) in [5.41, 5.74) is 6.30. The maximum atomic E-state index is 10.4. The van der Waals surface area contributed by atoms with Gasteiger partial charge in [-0.25, -0.2) is 0 Å². The summed E-state index contributed by atoms with van der Waals surface area (Å²) in [7, 11) is 16.2. The number of benzene rings is 2. The second-order valence-electron chi connectivity index (χ2n) is 15.5. The van der Waals surface area contributed by atoms with Gasteiger partial charge in [-0.15, -0.1) is 14.1 Å². The second-order valence-corrected chi connectivity index (χ2v) is 15.5. The van der Waals surface area contributed by atoms with Gasteiger partial charge in [-0.3, -0.25) is 0 Å². The number of aliphatic hydroxyl groups is 2. The molecule has 0 spiro atoms. The van der Waals surface area contributed by atoms with Crippen LogP contribution in [0.15, 0.2) is 24.3 Å². The van der Waals surface area contributed by atoms with E-state index in [1.165, 1.54) is 11.1 Å². The second kappa shape index (κ2) is 18.7. The Labute approximate surface area is 285 Å². The van der Waals surface area contributed by atoms with Gasteiger partial charge < -0.3 is 29.4 Å². The Kier molecular flexibility index (Phi) is 20.0. The van der Waals surface area contributed by atoms with Gasteiger partial charge in [0.05, 0.1) is 13.1 Å². The first-order chi connectivity index (χ1) is 18.5. The molecule has 0 saturated carbocycles. The van der Waals surface area contributed by atoms with Gasteiger partial charge in [0.1, 0.15) is 11.5 Å². The molecular formula is C36H66N2O4Zr. The van der Waals surface area contributed by atoms with E-state index in [0.29, 0.717) is 20.5 Å². The number of aryl methyl sites for hydroxylation is 2. The molecule has 0 saturated heterocycles. The molecule has 0 aliphatic rings. The maximum absolute atomic E-state index is 10.4. The molecule has 0 amide bonds. The molecule has 0 atom stereocenters. The van der Waals surface area contributed by atoms with Crippen LogP contribution in [0.2, 0.25) is 0 Å². The van der Waals surface area contributed by atoms with Crippen molar-refractivity contribution in [2.24, 2.45) is 0 Å². The zero-order valence-electron chi connectivity index (χ0n) is 30.5. The first-order valence-electron chi connectivity index (χ1n) is 14.8. The van der Waals surface area contributed by atoms with E-state index in [4.69, 9.17) is 10.2 Å². The summed E-state index contributed by atoms with van der Waals surface area (Å²) in [6, 6.07) is 8.25. The average Bonchev–Trinajstić information content (AvgIpc) is 2.69. The van der Waals surface area contributed by atoms with Crippen molar-refractivity contribution in [3.63, 3.8) is 0 Å². The molecule has 0 aliphatic carbocycles. The molecule has 0 aromatic heterocycles. The van der Waals surface area contributed by atoms with Crippen molar-refractivity contribution in [1.29, 1.82) is 0 Å². The standard InChI is InChI=1S/2C15H25NO.2C3H8O.Zr/c2*1-11-8-12(10-16(5,6)7)14(17)13(9-11)15(2,3)4;2*1-3(2)4;/h2*8-9,17H,5,10H2,1-4,6-7H3;2*3-4H,1-2H3;. The molecule has 0 unspecified atom stereocenters. The Bertz CT molecular complexity index is 992. The Balaban J connectivity index is -0.000000585. The van der Waals surface area contributed by atoms with Crippen molar-refractivity contribution >= 4 is 0 Å². The fraction of sp³-hybridized carbons (Fsp3) is 0.611. The van der Waals surface area contributed by atoms with Gasteiger partial charge in [0.25, 0.3) is 0 Å². The number of phenolic OH excluding ortho intramolecular Hbond substituents is 2. The summed E-state index contributed by atoms with van der Waals surface area (Å²) in [5, 5.41) is 36.9. The first kappa shape index (κ1) is 46.2. The fourth-order valence-corrected chi connectivity index (χ4v) is 4.01. The third-order valence-electron chi connectivity index (χ3n) is 5.48. The van der Waals surface area contributed by atoms with Gasteiger partial charge in [0, 0.05) is 77.7 Å². The Morgan fingerprint density at radius 1 is 0.605 bits per heavy atom. The number of hydrogen-bond donors (Lipinski definition) is 4. The molecule has 2 rings (SSSR count). The molecule has 0 heterocycles. The van der Waals surface area contributed by atoms with Gasteiger partial charge >= 0.3 is 0 Å². The molecule has 0 bridgehead atoms. The van der Waals surface area contributed by atoms with Crippen molar-refractivity contribution < 1.29 is 55.6 Å². The van der Waals surface area contributed by atoms with Crippen LogP contribution in [0.25, 0.3) is 0 Å². The average molecular weight is 682 g/mol. The van der Waals surface area contributed by atoms with E-state index in [1.807, 2.05) is 28.2 Å². The molecule has 7 heteroatoms. The van der Waals surface area contributed by atoms with Crippen LogP contribution in [0.5, 0.6) is 11.5 Å². The third kappa shape index (κ3) is 22.0. The van der Waals surface area contributed by atoms with E-state index >= 15 is 0 Å². The van der Waals surface area contributed by atoms with Crippen LogP contribution in [0.3, 0.4) is 0 Å². The van der Waals surface area contributed by atoms with Crippen molar-refractivity contribution in [1.82, 2.24) is 0 Å². The number of rotatable bonds is 4. The van der Waals surface area contributed by atoms with Gasteiger partial charge in [-0.2, -0.15) is 0 Å². The number of aromatic hydroxyl groups is 2. The van der Waals surface area contributed by atoms with Crippen molar-refractivity contribution in [3.8, 4) is 11.5 Å². The van der Waals surface area contributed by atoms with Crippen LogP contribution in [-0.2, 0) is 50.1 Å². The van der Waals surface area contributed by atoms with Crippen LogP contribution in [0, 0.1) is 27.9 Å². The van der Waals surface area contributed by atoms with E-state index in [-0.39, 0.29) is 49.2 Å². The molecule has 43 heavy (non-hydrogen) atoms. The predicted molar refractivity (Wildman–Crippen MR) is 180 cm³/mol. The predicted octanol–water partition coefficient (Wildman–Crippen LogP) is 7.50. The summed E-state index contributed by atoms with van der Waals surface area (Å²) in [6.45, 7) is 25.2. The zero-order chi connectivity index (χ0) is 34.0. The number of aliphatic hydroxyl groups excluding tert-OH is 2. The number of phenols is 2. The van der Waals surface area contributed by atoms with Gasteiger partial charge in [0.15, 0.2) is 0 Å². The first-order valence-corrected chi connectivity index (χ1v) is 14.8. The molecule has 0 radical (unpaired) electrons. The minimum Gasteiger partial charge on any atom is -0.507 e. The number of hydrogen-bond acceptors (Lipinski definition) is 4. The summed E-state index contributed by atoms with van der Waals surface area (Å²) >= 11 is 0. The Morgan fingerprint density at radius 3 is 0.977 bits per heavy atom. The minimum atomic E-state index is -0.167. The molecule has 0 fully saturated rings. The van der Waals surface area contributed by atoms with Crippen LogP contribution >= 0.6 is 0 Å². The molecule has 248 valence electrons. The van der Waals surface area contributed by atoms with Gasteiger partial charge in [-0.05, 0) is 75.6 Å². The smallest absolute Gasteiger partial charge is 0.128 e. The number of quaternary nitrogens is 2. The summed E-state index contributed by atoms with van der Waals surface area (Å²) < 4.78 is 1.14. The van der Waals surface area contributed by atoms with Crippen LogP contribution < -0.4 is 0 Å². The summed E-state index contributed by atoms with van der Waals surface area (Å²) in [6.07, 6.45) is -0.333. The molecule has 2 aromatic rings. The van der Waals surface area contributed by atoms with Gasteiger partial charge in [0.2, 0.25) is 0 Å². The number of nitrogens with zero attached hydrogens (tertiary/aromatic N) is 2. The van der Waals surface area contributed by atoms with Crippen molar-refractivity contribution in [2.75, 3.05) is 28.2 Å². The van der Waals surface area contributed by atoms with Crippen molar-refractivity contribution in [2.45, 2.75) is 119 Å². The summed E-state index contributed by atoms with van der Waals surface area (Å²) in [4.78, 5) is 0. The van der Waals surface area contributed by atoms with E-state index in [9.17, 15) is 10.2 Å². The molecule has 0 aliphatic heterocycles. The maximum Gasteiger partial charge on any atom is 0.128 e. The molecule has 4 N–H and O–H groups in total. The van der Waals surface area contributed by atoms with E-state index in [1.54, 1.807) is 27.7 Å². The molecule has 6 nitrogen and oxygen atoms in total. The van der Waals surface area contributed by atoms with E-state index in [2.05, 4.69) is 93.8 Å². The fourth-order valence-electron chi connectivity index (χ4n) is 4.01. The Morgan fingerprint density at radius 2 is 0.814 bits per heavy atom. The van der Waals surface area contributed by atoms with Crippen LogP contribution in [0.1, 0.15) is 103 Å². The SMILES string of the molecule is CC(C)O.CC(C)O.[CH2-][N+](C)(C)Cc1cc(C)cc(C(C)(C)C)c1O.[CH2-][N+](C)(C)Cc1cc(C)cc(C(C)(C)C)c1O.[Zr]. The summed E-state index contributed by atoms with van der Waals surface area (Å²) in [5.74, 6) is 0.857. The molecular weight excluding hydrogens is 616 g/mol. The minimum absolute atomic E-state index is 0. The van der Waals surface area contributed by atoms with E-state index < -0.39 is 0 Å². The van der Waals surface area contributed by atoms with Gasteiger partial charge in [-0.1, -0.05) is 64.8 Å². The topological polar surface area (TPSA) is 80.9 Å². The largest absolute Gasteiger partial charge is 0.507 e.